The number of hydrogen-bond acceptors (Lipinski definition) is 4. The minimum atomic E-state index is -4.50. The second-order valence-corrected chi connectivity index (χ2v) is 8.70. The van der Waals surface area contributed by atoms with E-state index in [1.807, 2.05) is 24.4 Å². The van der Waals surface area contributed by atoms with E-state index < -0.39 is 24.2 Å². The van der Waals surface area contributed by atoms with Gasteiger partial charge in [-0.2, -0.15) is 18.3 Å². The maximum Gasteiger partial charge on any atom is 0.410 e. The number of para-hydroxylation sites is 1. The Labute approximate surface area is 183 Å². The number of anilines is 2. The molecule has 0 radical (unpaired) electrons. The number of carbonyl (C=O) groups is 1. The molecule has 0 saturated heterocycles. The molecular formula is C20H18BrF3N4OS. The third kappa shape index (κ3) is 3.85. The Morgan fingerprint density at radius 3 is 2.77 bits per heavy atom. The van der Waals surface area contributed by atoms with Gasteiger partial charge in [0.2, 0.25) is 0 Å². The van der Waals surface area contributed by atoms with Crippen molar-refractivity contribution in [1.82, 2.24) is 9.78 Å². The molecule has 0 spiro atoms. The molecule has 0 fully saturated rings. The number of aromatic nitrogens is 2. The van der Waals surface area contributed by atoms with E-state index in [0.717, 1.165) is 15.1 Å². The maximum atomic E-state index is 13.8. The van der Waals surface area contributed by atoms with Crippen LogP contribution in [0.4, 0.5) is 24.7 Å². The Kier molecular flexibility index (Phi) is 5.63. The molecule has 0 saturated carbocycles. The highest BCUT2D eigenvalue weighted by atomic mass is 79.9. The Balaban J connectivity index is 1.70. The topological polar surface area (TPSA) is 59.0 Å². The van der Waals surface area contributed by atoms with Crippen LogP contribution in [-0.2, 0) is 6.42 Å². The number of benzene rings is 1. The lowest BCUT2D eigenvalue weighted by Gasteiger charge is -2.33. The van der Waals surface area contributed by atoms with Crippen LogP contribution in [0.25, 0.3) is 0 Å². The van der Waals surface area contributed by atoms with Crippen molar-refractivity contribution in [2.24, 2.45) is 0 Å². The number of alkyl halides is 3. The number of hydrogen-bond donors (Lipinski definition) is 2. The number of halogens is 4. The average molecular weight is 499 g/mol. The van der Waals surface area contributed by atoms with Gasteiger partial charge < -0.3 is 10.6 Å². The molecule has 10 heteroatoms. The van der Waals surface area contributed by atoms with Crippen LogP contribution in [0.2, 0.25) is 0 Å². The minimum absolute atomic E-state index is 0.0931. The van der Waals surface area contributed by atoms with Crippen molar-refractivity contribution in [1.29, 1.82) is 0 Å². The van der Waals surface area contributed by atoms with E-state index in [0.29, 0.717) is 12.1 Å². The molecule has 1 amide bonds. The first-order chi connectivity index (χ1) is 14.3. The minimum Gasteiger partial charge on any atom is -0.362 e. The van der Waals surface area contributed by atoms with Crippen molar-refractivity contribution in [3.63, 3.8) is 0 Å². The number of fused-ring (bicyclic) bond motifs is 1. The molecule has 0 bridgehead atoms. The monoisotopic (exact) mass is 498 g/mol. The molecule has 1 aromatic carbocycles. The molecule has 30 heavy (non-hydrogen) atoms. The quantitative estimate of drug-likeness (QED) is 0.451. The van der Waals surface area contributed by atoms with Crippen LogP contribution in [0.15, 0.2) is 46.3 Å². The van der Waals surface area contributed by atoms with E-state index >= 15 is 0 Å². The molecule has 2 N–H and O–H groups in total. The Morgan fingerprint density at radius 2 is 2.10 bits per heavy atom. The summed E-state index contributed by atoms with van der Waals surface area (Å²) in [5.74, 6) is -0.420. The van der Waals surface area contributed by atoms with Gasteiger partial charge in [0.1, 0.15) is 5.82 Å². The highest BCUT2D eigenvalue weighted by Crippen LogP contribution is 2.46. The van der Waals surface area contributed by atoms with E-state index in [2.05, 4.69) is 31.7 Å². The molecule has 2 aromatic heterocycles. The van der Waals surface area contributed by atoms with Crippen molar-refractivity contribution in [3.8, 4) is 0 Å². The second-order valence-electron chi connectivity index (χ2n) is 6.93. The SMILES string of the molecule is CCc1ccccc1NC(=O)c1nn2c(c1Br)N[C@@H](c1cccs1)C[C@H]2C(F)(F)F. The van der Waals surface area contributed by atoms with E-state index in [1.165, 1.54) is 11.3 Å². The summed E-state index contributed by atoms with van der Waals surface area (Å²) < 4.78 is 42.5. The van der Waals surface area contributed by atoms with Gasteiger partial charge in [-0.15, -0.1) is 11.3 Å². The normalized spacial score (nSPS) is 18.6. The van der Waals surface area contributed by atoms with E-state index in [1.54, 1.807) is 24.3 Å². The lowest BCUT2D eigenvalue weighted by Crippen LogP contribution is -2.35. The molecule has 3 heterocycles. The van der Waals surface area contributed by atoms with Crippen molar-refractivity contribution in [3.05, 3.63) is 62.4 Å². The van der Waals surface area contributed by atoms with Crippen LogP contribution < -0.4 is 10.6 Å². The number of amides is 1. The number of nitrogens with one attached hydrogen (secondary N) is 2. The fraction of sp³-hybridized carbons (Fsp3) is 0.300. The average Bonchev–Trinajstić information content (AvgIpc) is 3.35. The number of thiophene rings is 1. The number of rotatable bonds is 4. The van der Waals surface area contributed by atoms with Crippen molar-refractivity contribution in [2.45, 2.75) is 38.0 Å². The summed E-state index contributed by atoms with van der Waals surface area (Å²) in [7, 11) is 0. The van der Waals surface area contributed by atoms with E-state index in [4.69, 9.17) is 0 Å². The fourth-order valence-electron chi connectivity index (χ4n) is 3.54. The van der Waals surface area contributed by atoms with Gasteiger partial charge in [-0.25, -0.2) is 4.68 Å². The van der Waals surface area contributed by atoms with Gasteiger partial charge in [0.15, 0.2) is 11.7 Å². The van der Waals surface area contributed by atoms with Crippen molar-refractivity contribution in [2.75, 3.05) is 10.6 Å². The summed E-state index contributed by atoms with van der Waals surface area (Å²) in [5, 5.41) is 11.8. The predicted octanol–water partition coefficient (Wildman–Crippen LogP) is 6.18. The smallest absolute Gasteiger partial charge is 0.362 e. The van der Waals surface area contributed by atoms with Gasteiger partial charge >= 0.3 is 6.18 Å². The van der Waals surface area contributed by atoms with Crippen molar-refractivity contribution >= 4 is 44.7 Å². The van der Waals surface area contributed by atoms with Gasteiger partial charge in [-0.05, 0) is 45.4 Å². The highest BCUT2D eigenvalue weighted by molar-refractivity contribution is 9.10. The summed E-state index contributed by atoms with van der Waals surface area (Å²) >= 11 is 4.69. The van der Waals surface area contributed by atoms with Gasteiger partial charge in [0.25, 0.3) is 5.91 Å². The van der Waals surface area contributed by atoms with Crippen molar-refractivity contribution < 1.29 is 18.0 Å². The molecule has 1 aliphatic rings. The molecule has 3 aromatic rings. The summed E-state index contributed by atoms with van der Waals surface area (Å²) in [6.45, 7) is 1.96. The Hall–Kier alpha value is -2.33. The zero-order valence-electron chi connectivity index (χ0n) is 15.8. The van der Waals surface area contributed by atoms with Gasteiger partial charge in [0.05, 0.1) is 10.5 Å². The zero-order valence-corrected chi connectivity index (χ0v) is 18.2. The Bertz CT molecular complexity index is 1060. The first-order valence-electron chi connectivity index (χ1n) is 9.33. The highest BCUT2D eigenvalue weighted by Gasteiger charge is 2.48. The van der Waals surface area contributed by atoms with E-state index in [-0.39, 0.29) is 22.4 Å². The summed E-state index contributed by atoms with van der Waals surface area (Å²) in [4.78, 5) is 13.7. The van der Waals surface area contributed by atoms with E-state index in [9.17, 15) is 18.0 Å². The van der Waals surface area contributed by atoms with Crippen LogP contribution in [0, 0.1) is 0 Å². The van der Waals surface area contributed by atoms with Gasteiger partial charge in [-0.3, -0.25) is 4.79 Å². The lowest BCUT2D eigenvalue weighted by molar-refractivity contribution is -0.173. The zero-order chi connectivity index (χ0) is 21.5. The van der Waals surface area contributed by atoms with Crippen LogP contribution in [-0.4, -0.2) is 21.9 Å². The number of nitrogens with zero attached hydrogens (tertiary/aromatic N) is 2. The number of aryl methyl sites for hydroxylation is 1. The third-order valence-electron chi connectivity index (χ3n) is 5.04. The molecule has 158 valence electrons. The molecule has 0 unspecified atom stereocenters. The van der Waals surface area contributed by atoms with Crippen LogP contribution in [0.1, 0.15) is 46.4 Å². The summed E-state index contributed by atoms with van der Waals surface area (Å²) in [6, 6.07) is 8.53. The largest absolute Gasteiger partial charge is 0.410 e. The molecule has 0 aliphatic carbocycles. The lowest BCUT2D eigenvalue weighted by atomic mass is 10.0. The van der Waals surface area contributed by atoms with Crippen LogP contribution in [0.5, 0.6) is 0 Å². The maximum absolute atomic E-state index is 13.8. The first kappa shape index (κ1) is 20.9. The second kappa shape index (κ2) is 8.07. The summed E-state index contributed by atoms with van der Waals surface area (Å²) in [5.41, 5.74) is 1.44. The van der Waals surface area contributed by atoms with Gasteiger partial charge in [-0.1, -0.05) is 31.2 Å². The fourth-order valence-corrected chi connectivity index (χ4v) is 4.89. The standard InChI is InChI=1S/C20H18BrF3N4OS/c1-2-11-6-3-4-7-12(11)26-19(29)17-16(21)18-25-13(14-8-5-9-30-14)10-15(20(22,23)24)28(18)27-17/h3-9,13,15,25H,2,10H2,1H3,(H,26,29)/t13-,15+/m1/s1. The van der Waals surface area contributed by atoms with Crippen LogP contribution in [0.3, 0.4) is 0 Å². The number of carbonyl (C=O) groups excluding carboxylic acids is 1. The Morgan fingerprint density at radius 1 is 1.33 bits per heavy atom. The molecule has 4 rings (SSSR count). The first-order valence-corrected chi connectivity index (χ1v) is 11.0. The third-order valence-corrected chi connectivity index (χ3v) is 6.78. The molecule has 5 nitrogen and oxygen atoms in total. The predicted molar refractivity (Wildman–Crippen MR) is 114 cm³/mol. The van der Waals surface area contributed by atoms with Crippen LogP contribution >= 0.6 is 27.3 Å². The molecular weight excluding hydrogens is 481 g/mol. The summed E-state index contributed by atoms with van der Waals surface area (Å²) in [6.07, 6.45) is -4.00. The molecule has 2 atom stereocenters. The van der Waals surface area contributed by atoms with Gasteiger partial charge in [0, 0.05) is 17.0 Å². The molecule has 1 aliphatic heterocycles.